The number of rotatable bonds is 4. The molecule has 7 heteroatoms. The van der Waals surface area contributed by atoms with Crippen molar-refractivity contribution >= 4 is 12.0 Å². The van der Waals surface area contributed by atoms with Crippen LogP contribution in [0.25, 0.3) is 0 Å². The Morgan fingerprint density at radius 2 is 2.09 bits per heavy atom. The van der Waals surface area contributed by atoms with Crippen LogP contribution < -0.4 is 0 Å². The zero-order valence-corrected chi connectivity index (χ0v) is 14.2. The quantitative estimate of drug-likeness (QED) is 0.840. The summed E-state index contributed by atoms with van der Waals surface area (Å²) in [5, 5.41) is 4.47. The predicted molar refractivity (Wildman–Crippen MR) is 84.0 cm³/mol. The van der Waals surface area contributed by atoms with E-state index in [0.29, 0.717) is 19.7 Å². The molecule has 0 radical (unpaired) electrons. The second kappa shape index (κ2) is 5.86. The van der Waals surface area contributed by atoms with Crippen molar-refractivity contribution in [2.45, 2.75) is 39.8 Å². The highest BCUT2D eigenvalue weighted by molar-refractivity contribution is 5.83. The summed E-state index contributed by atoms with van der Waals surface area (Å²) in [7, 11) is 0. The number of hydrogen-bond donors (Lipinski definition) is 0. The third-order valence-corrected chi connectivity index (χ3v) is 4.69. The minimum absolute atomic E-state index is 0.0143. The maximum Gasteiger partial charge on any atom is 0.410 e. The van der Waals surface area contributed by atoms with Crippen molar-refractivity contribution < 1.29 is 14.3 Å². The number of ether oxygens (including phenoxy) is 1. The summed E-state index contributed by atoms with van der Waals surface area (Å²) in [5.74, 6) is 0.250. The number of carbonyl (C=O) groups is 2. The summed E-state index contributed by atoms with van der Waals surface area (Å²) < 4.78 is 7.07. The highest BCUT2D eigenvalue weighted by atomic mass is 16.6. The number of likely N-dealkylation sites (tertiary alicyclic amines) is 1. The molecule has 1 aromatic heterocycles. The Balaban J connectivity index is 1.56. The monoisotopic (exact) mass is 320 g/mol. The van der Waals surface area contributed by atoms with E-state index in [-0.39, 0.29) is 36.5 Å². The minimum atomic E-state index is -0.382. The van der Waals surface area contributed by atoms with Crippen molar-refractivity contribution in [3.63, 3.8) is 0 Å². The largest absolute Gasteiger partial charge is 0.447 e. The number of nitrogens with zero attached hydrogens (tertiary/aromatic N) is 4. The fourth-order valence-corrected chi connectivity index (χ4v) is 3.27. The molecule has 2 aliphatic heterocycles. The molecular formula is C16H24N4O3. The van der Waals surface area contributed by atoms with E-state index in [1.807, 2.05) is 38.4 Å². The van der Waals surface area contributed by atoms with Crippen molar-refractivity contribution in [3.8, 4) is 0 Å². The maximum atomic E-state index is 12.4. The van der Waals surface area contributed by atoms with Gasteiger partial charge >= 0.3 is 6.09 Å². The van der Waals surface area contributed by atoms with E-state index in [1.165, 1.54) is 0 Å². The number of hydrogen-bond acceptors (Lipinski definition) is 4. The van der Waals surface area contributed by atoms with Crippen molar-refractivity contribution in [1.29, 1.82) is 0 Å². The Hall–Kier alpha value is -2.05. The Kier molecular flexibility index (Phi) is 4.04. The molecule has 126 valence electrons. The normalized spacial score (nSPS) is 21.8. The van der Waals surface area contributed by atoms with Gasteiger partial charge in [0.1, 0.15) is 13.2 Å². The predicted octanol–water partition coefficient (Wildman–Crippen LogP) is 1.36. The van der Waals surface area contributed by atoms with Gasteiger partial charge in [0.25, 0.3) is 0 Å². The average Bonchev–Trinajstić information content (AvgIpc) is 2.92. The van der Waals surface area contributed by atoms with Crippen LogP contribution in [0.4, 0.5) is 4.79 Å². The molecule has 0 unspecified atom stereocenters. The van der Waals surface area contributed by atoms with Crippen LogP contribution in [-0.4, -0.2) is 63.9 Å². The first-order chi connectivity index (χ1) is 10.9. The van der Waals surface area contributed by atoms with Gasteiger partial charge in [-0.3, -0.25) is 14.4 Å². The van der Waals surface area contributed by atoms with Gasteiger partial charge in [-0.25, -0.2) is 4.79 Å². The molecule has 0 saturated carbocycles. The summed E-state index contributed by atoms with van der Waals surface area (Å²) in [5.41, 5.74) is 2.11. The van der Waals surface area contributed by atoms with Gasteiger partial charge in [-0.1, -0.05) is 13.8 Å². The third-order valence-electron chi connectivity index (χ3n) is 4.69. The van der Waals surface area contributed by atoms with Crippen molar-refractivity contribution in [2.24, 2.45) is 5.92 Å². The fraction of sp³-hybridized carbons (Fsp3) is 0.688. The molecule has 0 aliphatic carbocycles. The zero-order chi connectivity index (χ0) is 16.7. The van der Waals surface area contributed by atoms with Crippen LogP contribution in [0, 0.1) is 19.8 Å². The summed E-state index contributed by atoms with van der Waals surface area (Å²) in [4.78, 5) is 27.6. The van der Waals surface area contributed by atoms with Gasteiger partial charge < -0.3 is 9.64 Å². The fourth-order valence-electron chi connectivity index (χ4n) is 3.27. The summed E-state index contributed by atoms with van der Waals surface area (Å²) in [6, 6.07) is 2.26. The number of cyclic esters (lactones) is 1. The molecule has 23 heavy (non-hydrogen) atoms. The molecule has 2 fully saturated rings. The number of carbonyl (C=O) groups excluding carboxylic acids is 2. The molecule has 3 heterocycles. The van der Waals surface area contributed by atoms with Gasteiger partial charge in [0.2, 0.25) is 5.91 Å². The molecule has 2 saturated heterocycles. The van der Waals surface area contributed by atoms with Gasteiger partial charge in [0.15, 0.2) is 0 Å². The topological polar surface area (TPSA) is 67.7 Å². The molecule has 0 bridgehead atoms. The molecule has 7 nitrogen and oxygen atoms in total. The first-order valence-corrected chi connectivity index (χ1v) is 8.10. The second-order valence-electron chi connectivity index (χ2n) is 6.84. The Bertz CT molecular complexity index is 619. The smallest absolute Gasteiger partial charge is 0.410 e. The molecule has 0 aromatic carbocycles. The average molecular weight is 320 g/mol. The van der Waals surface area contributed by atoms with Crippen LogP contribution in [0.3, 0.4) is 0 Å². The Morgan fingerprint density at radius 1 is 1.39 bits per heavy atom. The number of amides is 2. The van der Waals surface area contributed by atoms with E-state index in [9.17, 15) is 9.59 Å². The lowest BCUT2D eigenvalue weighted by Crippen LogP contribution is -2.55. The lowest BCUT2D eigenvalue weighted by molar-refractivity contribution is -0.138. The van der Waals surface area contributed by atoms with Crippen LogP contribution >= 0.6 is 0 Å². The molecule has 2 aliphatic rings. The standard InChI is InChI=1S/C16H24N4O3/c1-10(2)14-9-23-16(22)19(14)8-15(21)18-6-13(7-18)20-12(4)5-11(3)17-20/h5,10,13-14H,6-9H2,1-4H3/t14-/m1/s1. The summed E-state index contributed by atoms with van der Waals surface area (Å²) >= 11 is 0. The van der Waals surface area contributed by atoms with E-state index in [2.05, 4.69) is 5.10 Å². The number of aryl methyl sites for hydroxylation is 2. The third kappa shape index (κ3) is 2.92. The van der Waals surface area contributed by atoms with Crippen LogP contribution in [0.1, 0.15) is 31.3 Å². The highest BCUT2D eigenvalue weighted by Crippen LogP contribution is 2.24. The molecule has 2 amide bonds. The number of aromatic nitrogens is 2. The minimum Gasteiger partial charge on any atom is -0.447 e. The van der Waals surface area contributed by atoms with Crippen molar-refractivity contribution in [1.82, 2.24) is 19.6 Å². The zero-order valence-electron chi connectivity index (χ0n) is 14.2. The van der Waals surface area contributed by atoms with E-state index in [0.717, 1.165) is 11.4 Å². The van der Waals surface area contributed by atoms with Crippen molar-refractivity contribution in [2.75, 3.05) is 26.2 Å². The molecule has 0 N–H and O–H groups in total. The first-order valence-electron chi connectivity index (χ1n) is 8.10. The molecular weight excluding hydrogens is 296 g/mol. The van der Waals surface area contributed by atoms with Crippen LogP contribution in [0.15, 0.2) is 6.07 Å². The van der Waals surface area contributed by atoms with E-state index < -0.39 is 0 Å². The van der Waals surface area contributed by atoms with Gasteiger partial charge in [-0.15, -0.1) is 0 Å². The van der Waals surface area contributed by atoms with Crippen LogP contribution in [0.5, 0.6) is 0 Å². The molecule has 1 atom stereocenters. The van der Waals surface area contributed by atoms with Gasteiger partial charge in [-0.05, 0) is 25.8 Å². The van der Waals surface area contributed by atoms with Crippen LogP contribution in [-0.2, 0) is 9.53 Å². The Morgan fingerprint density at radius 3 is 2.65 bits per heavy atom. The van der Waals surface area contributed by atoms with E-state index in [1.54, 1.807) is 9.80 Å². The van der Waals surface area contributed by atoms with Crippen molar-refractivity contribution in [3.05, 3.63) is 17.5 Å². The lowest BCUT2D eigenvalue weighted by atomic mass is 10.0. The highest BCUT2D eigenvalue weighted by Gasteiger charge is 2.39. The Labute approximate surface area is 136 Å². The van der Waals surface area contributed by atoms with Gasteiger partial charge in [0.05, 0.1) is 17.8 Å². The summed E-state index contributed by atoms with van der Waals surface area (Å²) in [6.07, 6.45) is -0.382. The van der Waals surface area contributed by atoms with Gasteiger partial charge in [-0.2, -0.15) is 5.10 Å². The maximum absolute atomic E-state index is 12.4. The van der Waals surface area contributed by atoms with Gasteiger partial charge in [0, 0.05) is 18.8 Å². The molecule has 3 rings (SSSR count). The molecule has 0 spiro atoms. The van der Waals surface area contributed by atoms with E-state index in [4.69, 9.17) is 4.74 Å². The van der Waals surface area contributed by atoms with E-state index >= 15 is 0 Å². The second-order valence-corrected chi connectivity index (χ2v) is 6.84. The lowest BCUT2D eigenvalue weighted by Gasteiger charge is -2.40. The molecule has 1 aromatic rings. The SMILES string of the molecule is Cc1cc(C)n(C2CN(C(=O)CN3C(=O)OC[C@@H]3C(C)C)C2)n1. The van der Waals surface area contributed by atoms with Crippen LogP contribution in [0.2, 0.25) is 0 Å². The first kappa shape index (κ1) is 15.8. The summed E-state index contributed by atoms with van der Waals surface area (Å²) in [6.45, 7) is 9.84.